The molecule has 0 aliphatic heterocycles. The first kappa shape index (κ1) is 7.71. The van der Waals surface area contributed by atoms with Gasteiger partial charge in [0, 0.05) is 6.42 Å². The van der Waals surface area contributed by atoms with Gasteiger partial charge in [-0.3, -0.25) is 0 Å². The fraction of sp³-hybridized carbons (Fsp3) is 0.333. The van der Waals surface area contributed by atoms with Crippen molar-refractivity contribution in [3.8, 4) is 0 Å². The highest BCUT2D eigenvalue weighted by Gasteiger charge is 2.27. The summed E-state index contributed by atoms with van der Waals surface area (Å²) in [5.74, 6) is -0.293. The predicted octanol–water partition coefficient (Wildman–Crippen LogP) is 0.743. The monoisotopic (exact) mass is 167 g/mol. The molecule has 3 heteroatoms. The number of hydrogen-bond donors (Lipinski definition) is 2. The van der Waals surface area contributed by atoms with Gasteiger partial charge in [-0.25, -0.2) is 4.39 Å². The molecule has 1 aliphatic carbocycles. The third-order valence-corrected chi connectivity index (χ3v) is 2.31. The largest absolute Gasteiger partial charge is 0.391 e. The van der Waals surface area contributed by atoms with Gasteiger partial charge >= 0.3 is 0 Å². The van der Waals surface area contributed by atoms with Crippen LogP contribution in [-0.4, -0.2) is 11.2 Å². The normalized spacial score (nSPS) is 27.2. The first-order valence-corrected chi connectivity index (χ1v) is 3.90. The minimum absolute atomic E-state index is 0.293. The SMILES string of the molecule is NC1c2cc(F)ccc2CC1O. The van der Waals surface area contributed by atoms with Gasteiger partial charge < -0.3 is 10.8 Å². The number of halogens is 1. The van der Waals surface area contributed by atoms with E-state index >= 15 is 0 Å². The molecule has 0 saturated heterocycles. The Balaban J connectivity index is 2.48. The minimum atomic E-state index is -0.554. The van der Waals surface area contributed by atoms with Crippen LogP contribution in [0, 0.1) is 5.82 Å². The van der Waals surface area contributed by atoms with Gasteiger partial charge in [-0.15, -0.1) is 0 Å². The lowest BCUT2D eigenvalue weighted by Gasteiger charge is -2.08. The number of hydrogen-bond acceptors (Lipinski definition) is 2. The van der Waals surface area contributed by atoms with Crippen LogP contribution in [0.1, 0.15) is 17.2 Å². The number of rotatable bonds is 0. The standard InChI is InChI=1S/C9H10FNO/c10-6-2-1-5-3-8(12)9(11)7(5)4-6/h1-2,4,8-9,12H,3,11H2. The second-order valence-corrected chi connectivity index (χ2v) is 3.14. The zero-order valence-electron chi connectivity index (χ0n) is 6.50. The van der Waals surface area contributed by atoms with E-state index in [0.29, 0.717) is 6.42 Å². The highest BCUT2D eigenvalue weighted by molar-refractivity contribution is 5.36. The van der Waals surface area contributed by atoms with Gasteiger partial charge in [0.2, 0.25) is 0 Å². The molecule has 0 aromatic heterocycles. The molecule has 0 bridgehead atoms. The van der Waals surface area contributed by atoms with Crippen LogP contribution < -0.4 is 5.73 Å². The van der Waals surface area contributed by atoms with Crippen LogP contribution >= 0.6 is 0 Å². The van der Waals surface area contributed by atoms with E-state index < -0.39 is 12.1 Å². The van der Waals surface area contributed by atoms with Crippen LogP contribution in [0.15, 0.2) is 18.2 Å². The number of nitrogens with two attached hydrogens (primary N) is 1. The lowest BCUT2D eigenvalue weighted by Crippen LogP contribution is -2.21. The molecule has 2 atom stereocenters. The van der Waals surface area contributed by atoms with Gasteiger partial charge in [-0.2, -0.15) is 0 Å². The highest BCUT2D eigenvalue weighted by Crippen LogP contribution is 2.29. The van der Waals surface area contributed by atoms with Gasteiger partial charge in [0.25, 0.3) is 0 Å². The second-order valence-electron chi connectivity index (χ2n) is 3.14. The quantitative estimate of drug-likeness (QED) is 0.598. The summed E-state index contributed by atoms with van der Waals surface area (Å²) in [7, 11) is 0. The number of aliphatic hydroxyl groups excluding tert-OH is 1. The Labute approximate surface area is 69.8 Å². The van der Waals surface area contributed by atoms with Crippen LogP contribution in [0.4, 0.5) is 4.39 Å². The zero-order valence-corrected chi connectivity index (χ0v) is 6.50. The van der Waals surface area contributed by atoms with Crippen molar-refractivity contribution in [3.63, 3.8) is 0 Å². The Morgan fingerprint density at radius 3 is 3.00 bits per heavy atom. The van der Waals surface area contributed by atoms with Gasteiger partial charge in [-0.1, -0.05) is 6.07 Å². The maximum atomic E-state index is 12.7. The highest BCUT2D eigenvalue weighted by atomic mass is 19.1. The van der Waals surface area contributed by atoms with E-state index in [-0.39, 0.29) is 5.82 Å². The van der Waals surface area contributed by atoms with Crippen LogP contribution in [-0.2, 0) is 6.42 Å². The average molecular weight is 167 g/mol. The van der Waals surface area contributed by atoms with Crippen LogP contribution in [0.3, 0.4) is 0 Å². The first-order chi connectivity index (χ1) is 5.68. The molecule has 12 heavy (non-hydrogen) atoms. The van der Waals surface area contributed by atoms with Crippen LogP contribution in [0.5, 0.6) is 0 Å². The Hall–Kier alpha value is -0.930. The summed E-state index contributed by atoms with van der Waals surface area (Å²) >= 11 is 0. The molecule has 1 aromatic rings. The molecule has 0 fully saturated rings. The maximum absolute atomic E-state index is 12.7. The third-order valence-electron chi connectivity index (χ3n) is 2.31. The molecular formula is C9H10FNO. The molecule has 0 heterocycles. The molecule has 2 nitrogen and oxygen atoms in total. The fourth-order valence-corrected chi connectivity index (χ4v) is 1.62. The third kappa shape index (κ3) is 1.02. The summed E-state index contributed by atoms with van der Waals surface area (Å²) in [6.07, 6.45) is -0.0154. The molecular weight excluding hydrogens is 157 g/mol. The second kappa shape index (κ2) is 2.54. The topological polar surface area (TPSA) is 46.2 Å². The van der Waals surface area contributed by atoms with Gasteiger partial charge in [-0.05, 0) is 23.3 Å². The molecule has 2 unspecified atom stereocenters. The lowest BCUT2D eigenvalue weighted by molar-refractivity contribution is 0.158. The van der Waals surface area contributed by atoms with E-state index in [0.717, 1.165) is 11.1 Å². The summed E-state index contributed by atoms with van der Waals surface area (Å²) in [6, 6.07) is 4.05. The zero-order chi connectivity index (χ0) is 8.72. The molecule has 0 saturated carbocycles. The number of benzene rings is 1. The fourth-order valence-electron chi connectivity index (χ4n) is 1.62. The summed E-state index contributed by atoms with van der Waals surface area (Å²) in [5, 5.41) is 9.36. The summed E-state index contributed by atoms with van der Waals surface area (Å²) in [4.78, 5) is 0. The van der Waals surface area contributed by atoms with E-state index in [9.17, 15) is 9.50 Å². The molecule has 1 aromatic carbocycles. The summed E-state index contributed by atoms with van der Waals surface area (Å²) in [5.41, 5.74) is 7.34. The predicted molar refractivity (Wildman–Crippen MR) is 43.0 cm³/mol. The summed E-state index contributed by atoms with van der Waals surface area (Å²) in [6.45, 7) is 0. The molecule has 3 N–H and O–H groups in total. The maximum Gasteiger partial charge on any atom is 0.123 e. The average Bonchev–Trinajstić information content (AvgIpc) is 2.31. The van der Waals surface area contributed by atoms with Crippen molar-refractivity contribution in [1.29, 1.82) is 0 Å². The molecule has 0 spiro atoms. The molecule has 64 valence electrons. The Morgan fingerprint density at radius 1 is 1.50 bits per heavy atom. The molecule has 0 amide bonds. The van der Waals surface area contributed by atoms with Crippen LogP contribution in [0.25, 0.3) is 0 Å². The Kier molecular flexibility index (Phi) is 1.63. The van der Waals surface area contributed by atoms with Crippen molar-refractivity contribution < 1.29 is 9.50 Å². The van der Waals surface area contributed by atoms with E-state index in [2.05, 4.69) is 0 Å². The van der Waals surface area contributed by atoms with Crippen molar-refractivity contribution in [2.75, 3.05) is 0 Å². The van der Waals surface area contributed by atoms with Gasteiger partial charge in [0.05, 0.1) is 12.1 Å². The molecule has 2 rings (SSSR count). The Morgan fingerprint density at radius 2 is 2.25 bits per heavy atom. The van der Waals surface area contributed by atoms with E-state index in [1.54, 1.807) is 6.07 Å². The smallest absolute Gasteiger partial charge is 0.123 e. The number of aliphatic hydroxyl groups is 1. The van der Waals surface area contributed by atoms with Crippen molar-refractivity contribution in [1.82, 2.24) is 0 Å². The van der Waals surface area contributed by atoms with E-state index in [1.807, 2.05) is 0 Å². The molecule has 1 aliphatic rings. The minimum Gasteiger partial charge on any atom is -0.391 e. The van der Waals surface area contributed by atoms with Gasteiger partial charge in [0.1, 0.15) is 5.82 Å². The summed E-state index contributed by atoms with van der Waals surface area (Å²) < 4.78 is 12.7. The van der Waals surface area contributed by atoms with Crippen molar-refractivity contribution >= 4 is 0 Å². The van der Waals surface area contributed by atoms with E-state index in [4.69, 9.17) is 5.73 Å². The van der Waals surface area contributed by atoms with Gasteiger partial charge in [0.15, 0.2) is 0 Å². The number of fused-ring (bicyclic) bond motifs is 1. The van der Waals surface area contributed by atoms with Crippen LogP contribution in [0.2, 0.25) is 0 Å². The molecule has 0 radical (unpaired) electrons. The lowest BCUT2D eigenvalue weighted by atomic mass is 10.1. The Bertz CT molecular complexity index is 313. The van der Waals surface area contributed by atoms with Crippen molar-refractivity contribution in [2.24, 2.45) is 5.73 Å². The first-order valence-electron chi connectivity index (χ1n) is 3.90. The van der Waals surface area contributed by atoms with Crippen molar-refractivity contribution in [3.05, 3.63) is 35.1 Å². The van der Waals surface area contributed by atoms with E-state index in [1.165, 1.54) is 12.1 Å². The van der Waals surface area contributed by atoms with Crippen molar-refractivity contribution in [2.45, 2.75) is 18.6 Å².